The summed E-state index contributed by atoms with van der Waals surface area (Å²) in [5, 5.41) is 24.0. The average molecular weight is 409 g/mol. The zero-order chi connectivity index (χ0) is 20.9. The number of hydrogen-bond acceptors (Lipinski definition) is 7. The van der Waals surface area contributed by atoms with Gasteiger partial charge in [0.15, 0.2) is 11.9 Å². The Labute approximate surface area is 175 Å². The first kappa shape index (κ1) is 19.4. The molecule has 1 saturated heterocycles. The van der Waals surface area contributed by atoms with Crippen LogP contribution in [0.5, 0.6) is 6.08 Å². The zero-order valence-electron chi connectivity index (χ0n) is 17.4. The van der Waals surface area contributed by atoms with Crippen molar-refractivity contribution in [3.8, 4) is 6.08 Å². The first-order valence-corrected chi connectivity index (χ1v) is 10.5. The number of oxazole rings is 1. The van der Waals surface area contributed by atoms with E-state index in [1.807, 2.05) is 17.0 Å². The summed E-state index contributed by atoms with van der Waals surface area (Å²) in [6.07, 6.45) is 2.74. The van der Waals surface area contributed by atoms with Crippen LogP contribution in [-0.4, -0.2) is 52.6 Å². The molecular formula is C23H28N4O3. The second-order valence-corrected chi connectivity index (χ2v) is 8.84. The second kappa shape index (κ2) is 6.97. The number of anilines is 1. The molecule has 5 rings (SSSR count). The van der Waals surface area contributed by atoms with E-state index in [-0.39, 0.29) is 17.2 Å². The Morgan fingerprint density at radius 3 is 2.50 bits per heavy atom. The lowest BCUT2D eigenvalue weighted by molar-refractivity contribution is 0.0513. The van der Waals surface area contributed by atoms with Crippen molar-refractivity contribution in [3.63, 3.8) is 0 Å². The predicted molar refractivity (Wildman–Crippen MR) is 115 cm³/mol. The zero-order valence-corrected chi connectivity index (χ0v) is 17.4. The fourth-order valence-corrected chi connectivity index (χ4v) is 5.36. The fraction of sp³-hybridized carbons (Fsp3) is 0.435. The van der Waals surface area contributed by atoms with Gasteiger partial charge in [0.05, 0.1) is 5.69 Å². The molecule has 7 heteroatoms. The largest absolute Gasteiger partial charge is 0.466 e. The molecule has 1 saturated carbocycles. The molecule has 2 fully saturated rings. The summed E-state index contributed by atoms with van der Waals surface area (Å²) in [5.74, 6) is 0. The predicted octanol–water partition coefficient (Wildman–Crippen LogP) is 2.99. The van der Waals surface area contributed by atoms with Gasteiger partial charge in [-0.15, -0.1) is 0 Å². The molecule has 1 spiro atoms. The number of nitrogens with one attached hydrogen (secondary N) is 1. The number of aliphatic hydroxyl groups excluding tert-OH is 1. The van der Waals surface area contributed by atoms with Gasteiger partial charge < -0.3 is 19.5 Å². The van der Waals surface area contributed by atoms with Crippen molar-refractivity contribution >= 4 is 16.8 Å². The molecule has 1 aromatic heterocycles. The van der Waals surface area contributed by atoms with Crippen LogP contribution in [0.2, 0.25) is 0 Å². The minimum Gasteiger partial charge on any atom is -0.466 e. The number of nitrogens with zero attached hydrogens (tertiary/aromatic N) is 3. The van der Waals surface area contributed by atoms with Crippen molar-refractivity contribution in [3.05, 3.63) is 54.1 Å². The van der Waals surface area contributed by atoms with Crippen LogP contribution >= 0.6 is 0 Å². The van der Waals surface area contributed by atoms with Crippen molar-refractivity contribution in [2.75, 3.05) is 25.5 Å². The molecule has 7 nitrogen and oxygen atoms in total. The van der Waals surface area contributed by atoms with E-state index in [1.54, 1.807) is 6.07 Å². The molecule has 1 atom stereocenters. The minimum atomic E-state index is -0.813. The highest BCUT2D eigenvalue weighted by molar-refractivity contribution is 5.87. The Hall–Kier alpha value is -2.61. The number of aromatic hydroxyl groups is 1. The van der Waals surface area contributed by atoms with Gasteiger partial charge in [-0.1, -0.05) is 36.4 Å². The van der Waals surface area contributed by atoms with Crippen LogP contribution in [0.1, 0.15) is 31.2 Å². The van der Waals surface area contributed by atoms with E-state index in [0.29, 0.717) is 17.6 Å². The molecule has 2 aromatic carbocycles. The van der Waals surface area contributed by atoms with Gasteiger partial charge in [0.2, 0.25) is 0 Å². The van der Waals surface area contributed by atoms with Crippen LogP contribution in [-0.2, 0) is 5.54 Å². The Balaban J connectivity index is 1.41. The maximum atomic E-state index is 10.9. The summed E-state index contributed by atoms with van der Waals surface area (Å²) >= 11 is 0. The summed E-state index contributed by atoms with van der Waals surface area (Å²) < 4.78 is 5.42. The van der Waals surface area contributed by atoms with Gasteiger partial charge in [0.1, 0.15) is 5.52 Å². The van der Waals surface area contributed by atoms with Crippen LogP contribution in [0.4, 0.5) is 5.69 Å². The van der Waals surface area contributed by atoms with E-state index in [0.717, 1.165) is 31.4 Å². The third-order valence-corrected chi connectivity index (χ3v) is 7.10. The minimum absolute atomic E-state index is 0.00327. The second-order valence-electron chi connectivity index (χ2n) is 8.84. The molecule has 3 N–H and O–H groups in total. The van der Waals surface area contributed by atoms with Crippen LogP contribution < -0.4 is 10.2 Å². The summed E-state index contributed by atoms with van der Waals surface area (Å²) in [6, 6.07) is 16.3. The summed E-state index contributed by atoms with van der Waals surface area (Å²) in [6.45, 7) is 0.674. The monoisotopic (exact) mass is 408 g/mol. The SMILES string of the molecule is CN(C)[C@]1(c2ccccc2)CC[C@]2(CC1)CN(c1cccc3nc(O)oc13)C(O)N2. The van der Waals surface area contributed by atoms with E-state index >= 15 is 0 Å². The van der Waals surface area contributed by atoms with Crippen LogP contribution in [0.3, 0.4) is 0 Å². The normalized spacial score (nSPS) is 29.3. The number of aromatic nitrogens is 1. The summed E-state index contributed by atoms with van der Waals surface area (Å²) in [5.41, 5.74) is 3.00. The highest BCUT2D eigenvalue weighted by Gasteiger charge is 2.50. The maximum absolute atomic E-state index is 10.9. The lowest BCUT2D eigenvalue weighted by atomic mass is 9.69. The van der Waals surface area contributed by atoms with Gasteiger partial charge in [-0.3, -0.25) is 10.2 Å². The van der Waals surface area contributed by atoms with Crippen LogP contribution in [0.25, 0.3) is 11.1 Å². The highest BCUT2D eigenvalue weighted by Crippen LogP contribution is 2.47. The number of aliphatic hydroxyl groups is 1. The van der Waals surface area contributed by atoms with Gasteiger partial charge in [-0.2, -0.15) is 4.98 Å². The number of rotatable bonds is 3. The van der Waals surface area contributed by atoms with Crippen LogP contribution in [0.15, 0.2) is 52.9 Å². The average Bonchev–Trinajstić information content (AvgIpc) is 3.28. The Kier molecular flexibility index (Phi) is 4.50. The van der Waals surface area contributed by atoms with Gasteiger partial charge >= 0.3 is 6.08 Å². The molecule has 0 bridgehead atoms. The Morgan fingerprint density at radius 1 is 1.07 bits per heavy atom. The fourth-order valence-electron chi connectivity index (χ4n) is 5.36. The van der Waals surface area contributed by atoms with Gasteiger partial charge in [-0.05, 0) is 57.5 Å². The van der Waals surface area contributed by atoms with Crippen molar-refractivity contribution in [1.29, 1.82) is 0 Å². The van der Waals surface area contributed by atoms with E-state index in [2.05, 4.69) is 59.6 Å². The Morgan fingerprint density at radius 2 is 1.80 bits per heavy atom. The van der Waals surface area contributed by atoms with Gasteiger partial charge in [0, 0.05) is 17.6 Å². The van der Waals surface area contributed by atoms with Crippen molar-refractivity contribution < 1.29 is 14.6 Å². The summed E-state index contributed by atoms with van der Waals surface area (Å²) in [7, 11) is 4.32. The molecule has 2 aliphatic rings. The first-order chi connectivity index (χ1) is 14.4. The molecule has 1 unspecified atom stereocenters. The van der Waals surface area contributed by atoms with Gasteiger partial charge in [-0.25, -0.2) is 0 Å². The van der Waals surface area contributed by atoms with E-state index < -0.39 is 6.35 Å². The van der Waals surface area contributed by atoms with Gasteiger partial charge in [0.25, 0.3) is 0 Å². The van der Waals surface area contributed by atoms with Crippen LogP contribution in [0, 0.1) is 0 Å². The maximum Gasteiger partial charge on any atom is 0.392 e. The molecule has 1 aliphatic heterocycles. The summed E-state index contributed by atoms with van der Waals surface area (Å²) in [4.78, 5) is 8.26. The quantitative estimate of drug-likeness (QED) is 0.614. The van der Waals surface area contributed by atoms with Crippen molar-refractivity contribution in [1.82, 2.24) is 15.2 Å². The third kappa shape index (κ3) is 2.96. The number of hydrogen-bond donors (Lipinski definition) is 3. The highest BCUT2D eigenvalue weighted by atomic mass is 16.5. The smallest absolute Gasteiger partial charge is 0.392 e. The van der Waals surface area contributed by atoms with Crippen molar-refractivity contribution in [2.24, 2.45) is 0 Å². The third-order valence-electron chi connectivity index (χ3n) is 7.10. The topological polar surface area (TPSA) is 85.0 Å². The van der Waals surface area contributed by atoms with E-state index in [4.69, 9.17) is 4.42 Å². The van der Waals surface area contributed by atoms with Crippen molar-refractivity contribution in [2.45, 2.75) is 43.1 Å². The van der Waals surface area contributed by atoms with E-state index in [9.17, 15) is 10.2 Å². The number of fused-ring (bicyclic) bond motifs is 1. The number of benzene rings is 2. The number of para-hydroxylation sites is 1. The molecule has 1 aliphatic carbocycles. The molecule has 3 aromatic rings. The molecule has 30 heavy (non-hydrogen) atoms. The lowest BCUT2D eigenvalue weighted by Gasteiger charge is -2.49. The molecular weight excluding hydrogens is 380 g/mol. The first-order valence-electron chi connectivity index (χ1n) is 10.5. The molecule has 158 valence electrons. The molecule has 2 heterocycles. The lowest BCUT2D eigenvalue weighted by Crippen LogP contribution is -2.54. The Bertz CT molecular complexity index is 1040. The molecule has 0 amide bonds. The standard InChI is InChI=1S/C23H28N4O3/c1-26(2)23(16-7-4-3-5-8-16)13-11-22(12-14-23)15-27(20(28)25-22)18-10-6-9-17-19(18)30-21(29)24-17/h3-10,20,25,28H,11-15H2,1-2H3,(H,24,29)/t20?,22-,23+. The van der Waals surface area contributed by atoms with E-state index in [1.165, 1.54) is 5.56 Å². The molecule has 0 radical (unpaired) electrons.